The highest BCUT2D eigenvalue weighted by Gasteiger charge is 2.46. The predicted octanol–water partition coefficient (Wildman–Crippen LogP) is 4.92. The average molecular weight is 474 g/mol. The van der Waals surface area contributed by atoms with Gasteiger partial charge < -0.3 is 15.2 Å². The number of fused-ring (bicyclic) bond motifs is 3. The average Bonchev–Trinajstić information content (AvgIpc) is 3.13. The second kappa shape index (κ2) is 8.87. The van der Waals surface area contributed by atoms with Gasteiger partial charge in [0.2, 0.25) is 0 Å². The van der Waals surface area contributed by atoms with E-state index in [0.717, 1.165) is 28.3 Å². The number of rotatable bonds is 6. The highest BCUT2D eigenvalue weighted by atomic mass is 19.1. The van der Waals surface area contributed by atoms with Gasteiger partial charge in [-0.3, -0.25) is 10.1 Å². The van der Waals surface area contributed by atoms with Gasteiger partial charge in [0.15, 0.2) is 0 Å². The number of benzene rings is 3. The topological polar surface area (TPSA) is 105 Å². The fraction of sp³-hybridized carbons (Fsp3) is 0.222. The molecule has 5 rings (SSSR count). The molecule has 3 aromatic carbocycles. The van der Waals surface area contributed by atoms with Crippen molar-refractivity contribution in [3.05, 3.63) is 89.2 Å². The zero-order valence-electron chi connectivity index (χ0n) is 18.7. The molecule has 0 unspecified atom stereocenters. The Morgan fingerprint density at radius 1 is 0.971 bits per heavy atom. The SMILES string of the molecule is O=C(Nc1ccc(C(=O)NC2(C(=O)O)CCC2)c(F)c1)OCC1c2ccccc2-c2ccccc21. The van der Waals surface area contributed by atoms with E-state index in [1.54, 1.807) is 0 Å². The van der Waals surface area contributed by atoms with Crippen LogP contribution in [-0.4, -0.2) is 35.2 Å². The molecule has 2 aliphatic rings. The molecule has 0 radical (unpaired) electrons. The van der Waals surface area contributed by atoms with E-state index in [4.69, 9.17) is 4.74 Å². The van der Waals surface area contributed by atoms with Crippen LogP contribution in [-0.2, 0) is 9.53 Å². The minimum absolute atomic E-state index is 0.107. The molecular formula is C27H23FN2O5. The van der Waals surface area contributed by atoms with Crippen molar-refractivity contribution in [2.24, 2.45) is 0 Å². The van der Waals surface area contributed by atoms with E-state index in [1.165, 1.54) is 12.1 Å². The summed E-state index contributed by atoms with van der Waals surface area (Å²) in [4.78, 5) is 36.3. The lowest BCUT2D eigenvalue weighted by Gasteiger charge is -2.38. The Kier molecular flexibility index (Phi) is 5.72. The number of anilines is 1. The van der Waals surface area contributed by atoms with Gasteiger partial charge in [-0.05, 0) is 59.7 Å². The normalized spacial score (nSPS) is 15.3. The van der Waals surface area contributed by atoms with Crippen molar-refractivity contribution in [2.45, 2.75) is 30.7 Å². The van der Waals surface area contributed by atoms with Crippen LogP contribution >= 0.6 is 0 Å². The van der Waals surface area contributed by atoms with Crippen molar-refractivity contribution in [1.29, 1.82) is 0 Å². The Morgan fingerprint density at radius 2 is 1.60 bits per heavy atom. The first-order valence-electron chi connectivity index (χ1n) is 11.4. The summed E-state index contributed by atoms with van der Waals surface area (Å²) < 4.78 is 20.1. The summed E-state index contributed by atoms with van der Waals surface area (Å²) in [6.07, 6.45) is 0.537. The van der Waals surface area contributed by atoms with Gasteiger partial charge >= 0.3 is 12.1 Å². The van der Waals surface area contributed by atoms with Gasteiger partial charge in [-0.2, -0.15) is 0 Å². The highest BCUT2D eigenvalue weighted by Crippen LogP contribution is 2.44. The molecule has 35 heavy (non-hydrogen) atoms. The summed E-state index contributed by atoms with van der Waals surface area (Å²) in [5.74, 6) is -2.92. The first-order chi connectivity index (χ1) is 16.9. The highest BCUT2D eigenvalue weighted by molar-refractivity contribution is 5.99. The summed E-state index contributed by atoms with van der Waals surface area (Å²) >= 11 is 0. The van der Waals surface area contributed by atoms with Gasteiger partial charge in [0.1, 0.15) is 18.0 Å². The number of hydrogen-bond donors (Lipinski definition) is 3. The molecule has 0 heterocycles. The Morgan fingerprint density at radius 3 is 2.14 bits per heavy atom. The van der Waals surface area contributed by atoms with Crippen LogP contribution in [0.5, 0.6) is 0 Å². The summed E-state index contributed by atoms with van der Waals surface area (Å²) in [6, 6.07) is 19.5. The third kappa shape index (κ3) is 4.12. The third-order valence-corrected chi connectivity index (χ3v) is 6.77. The molecule has 0 aliphatic heterocycles. The molecule has 0 bridgehead atoms. The molecule has 1 fully saturated rings. The van der Waals surface area contributed by atoms with Gasteiger partial charge in [0.05, 0.1) is 5.56 Å². The minimum Gasteiger partial charge on any atom is -0.480 e. The van der Waals surface area contributed by atoms with Gasteiger partial charge in [-0.25, -0.2) is 14.0 Å². The zero-order valence-corrected chi connectivity index (χ0v) is 18.7. The van der Waals surface area contributed by atoms with Crippen LogP contribution in [0, 0.1) is 5.82 Å². The summed E-state index contributed by atoms with van der Waals surface area (Å²) in [7, 11) is 0. The molecule has 1 saturated carbocycles. The van der Waals surface area contributed by atoms with Gasteiger partial charge in [-0.15, -0.1) is 0 Å². The molecule has 178 valence electrons. The molecule has 2 aliphatic carbocycles. The summed E-state index contributed by atoms with van der Waals surface area (Å²) in [5, 5.41) is 14.3. The van der Waals surface area contributed by atoms with E-state index in [1.807, 2.05) is 48.5 Å². The van der Waals surface area contributed by atoms with Crippen LogP contribution in [0.4, 0.5) is 14.9 Å². The monoisotopic (exact) mass is 474 g/mol. The second-order valence-corrected chi connectivity index (χ2v) is 8.84. The molecule has 0 atom stereocenters. The molecule has 3 aromatic rings. The molecule has 3 N–H and O–H groups in total. The Hall–Kier alpha value is -4.20. The van der Waals surface area contributed by atoms with Crippen LogP contribution in [0.1, 0.15) is 46.7 Å². The predicted molar refractivity (Wildman–Crippen MR) is 127 cm³/mol. The van der Waals surface area contributed by atoms with Gasteiger partial charge in [-0.1, -0.05) is 48.5 Å². The van der Waals surface area contributed by atoms with E-state index in [-0.39, 0.29) is 23.8 Å². The first-order valence-corrected chi connectivity index (χ1v) is 11.4. The fourth-order valence-electron chi connectivity index (χ4n) is 4.74. The van der Waals surface area contributed by atoms with Crippen molar-refractivity contribution in [3.63, 3.8) is 0 Å². The van der Waals surface area contributed by atoms with Crippen LogP contribution in [0.25, 0.3) is 11.1 Å². The van der Waals surface area contributed by atoms with Crippen LogP contribution < -0.4 is 10.6 Å². The van der Waals surface area contributed by atoms with Crippen LogP contribution in [0.2, 0.25) is 0 Å². The maximum atomic E-state index is 14.6. The Labute approximate surface area is 200 Å². The molecule has 7 nitrogen and oxygen atoms in total. The van der Waals surface area contributed by atoms with Gasteiger partial charge in [0.25, 0.3) is 5.91 Å². The number of carbonyl (C=O) groups is 3. The van der Waals surface area contributed by atoms with Crippen molar-refractivity contribution in [2.75, 3.05) is 11.9 Å². The number of carboxylic acid groups (broad SMARTS) is 1. The summed E-state index contributed by atoms with van der Waals surface area (Å²) in [5.41, 5.74) is 2.85. The van der Waals surface area contributed by atoms with E-state index in [9.17, 15) is 23.9 Å². The molecule has 0 spiro atoms. The van der Waals surface area contributed by atoms with Crippen molar-refractivity contribution in [1.82, 2.24) is 5.32 Å². The number of carbonyl (C=O) groups excluding carboxylic acids is 2. The van der Waals surface area contributed by atoms with Crippen molar-refractivity contribution >= 4 is 23.7 Å². The zero-order chi connectivity index (χ0) is 24.6. The first kappa shape index (κ1) is 22.6. The number of aliphatic carboxylic acids is 1. The molecule has 2 amide bonds. The number of carboxylic acids is 1. The van der Waals surface area contributed by atoms with Gasteiger partial charge in [0, 0.05) is 11.6 Å². The van der Waals surface area contributed by atoms with E-state index in [2.05, 4.69) is 10.6 Å². The molecule has 8 heteroatoms. The lowest BCUT2D eigenvalue weighted by molar-refractivity contribution is -0.148. The number of halogens is 1. The molecule has 0 saturated heterocycles. The standard InChI is InChI=1S/C27H23FN2O5/c28-23-14-16(10-11-21(23)24(31)30-27(25(32)33)12-5-13-27)29-26(34)35-15-22-19-8-3-1-6-17(19)18-7-2-4-9-20(18)22/h1-4,6-11,14,22H,5,12-13,15H2,(H,29,34)(H,30,31)(H,32,33). The maximum absolute atomic E-state index is 14.6. The number of hydrogen-bond acceptors (Lipinski definition) is 4. The van der Waals surface area contributed by atoms with E-state index >= 15 is 0 Å². The molecule has 0 aromatic heterocycles. The van der Waals surface area contributed by atoms with E-state index in [0.29, 0.717) is 19.3 Å². The van der Waals surface area contributed by atoms with Crippen molar-refractivity contribution < 1.29 is 28.6 Å². The number of nitrogens with one attached hydrogen (secondary N) is 2. The van der Waals surface area contributed by atoms with Crippen LogP contribution in [0.3, 0.4) is 0 Å². The smallest absolute Gasteiger partial charge is 0.411 e. The second-order valence-electron chi connectivity index (χ2n) is 8.84. The lowest BCUT2D eigenvalue weighted by atomic mass is 9.76. The minimum atomic E-state index is -1.35. The molecular weight excluding hydrogens is 451 g/mol. The Bertz CT molecular complexity index is 1290. The lowest BCUT2D eigenvalue weighted by Crippen LogP contribution is -2.59. The third-order valence-electron chi connectivity index (χ3n) is 6.77. The maximum Gasteiger partial charge on any atom is 0.411 e. The largest absolute Gasteiger partial charge is 0.480 e. The van der Waals surface area contributed by atoms with E-state index < -0.39 is 29.3 Å². The van der Waals surface area contributed by atoms with Crippen LogP contribution in [0.15, 0.2) is 66.7 Å². The fourth-order valence-corrected chi connectivity index (χ4v) is 4.74. The number of amides is 2. The Balaban J connectivity index is 1.23. The number of ether oxygens (including phenoxy) is 1. The van der Waals surface area contributed by atoms with Crippen molar-refractivity contribution in [3.8, 4) is 11.1 Å². The summed E-state index contributed by atoms with van der Waals surface area (Å²) in [6.45, 7) is 0.111. The quantitative estimate of drug-likeness (QED) is 0.470.